The number of halogens is 4. The SMILES string of the molecule is Cc1cc(Br)cnc1NC(=O)C1CCCCC1C(F)(F)F. The molecule has 1 aliphatic rings. The Morgan fingerprint density at radius 3 is 2.67 bits per heavy atom. The number of pyridine rings is 1. The van der Waals surface area contributed by atoms with Crippen LogP contribution in [0.25, 0.3) is 0 Å². The zero-order chi connectivity index (χ0) is 15.6. The summed E-state index contributed by atoms with van der Waals surface area (Å²) in [4.78, 5) is 16.2. The number of rotatable bonds is 2. The quantitative estimate of drug-likeness (QED) is 0.841. The lowest BCUT2D eigenvalue weighted by atomic mass is 9.78. The third kappa shape index (κ3) is 3.96. The highest BCUT2D eigenvalue weighted by atomic mass is 79.9. The maximum atomic E-state index is 13.0. The molecule has 1 heterocycles. The van der Waals surface area contributed by atoms with Crippen LogP contribution in [-0.2, 0) is 4.79 Å². The molecular weight excluding hydrogens is 349 g/mol. The van der Waals surface area contributed by atoms with Crippen molar-refractivity contribution < 1.29 is 18.0 Å². The van der Waals surface area contributed by atoms with Crippen molar-refractivity contribution in [1.82, 2.24) is 4.98 Å². The fraction of sp³-hybridized carbons (Fsp3) is 0.571. The molecule has 116 valence electrons. The molecule has 7 heteroatoms. The van der Waals surface area contributed by atoms with Crippen molar-refractivity contribution in [2.45, 2.75) is 38.8 Å². The normalized spacial score (nSPS) is 22.9. The molecule has 21 heavy (non-hydrogen) atoms. The third-order valence-corrected chi connectivity index (χ3v) is 4.24. The number of nitrogens with zero attached hydrogens (tertiary/aromatic N) is 1. The minimum absolute atomic E-state index is 0.0222. The van der Waals surface area contributed by atoms with E-state index >= 15 is 0 Å². The molecule has 2 atom stereocenters. The van der Waals surface area contributed by atoms with Crippen LogP contribution in [0.2, 0.25) is 0 Å². The number of hydrogen-bond acceptors (Lipinski definition) is 2. The zero-order valence-electron chi connectivity index (χ0n) is 11.5. The molecule has 1 aliphatic carbocycles. The van der Waals surface area contributed by atoms with Crippen LogP contribution < -0.4 is 5.32 Å². The number of alkyl halides is 3. The van der Waals surface area contributed by atoms with Crippen molar-refractivity contribution in [3.8, 4) is 0 Å². The van der Waals surface area contributed by atoms with E-state index in [1.807, 2.05) is 0 Å². The summed E-state index contributed by atoms with van der Waals surface area (Å²) < 4.78 is 39.8. The second-order valence-corrected chi connectivity index (χ2v) is 6.26. The van der Waals surface area contributed by atoms with E-state index in [-0.39, 0.29) is 12.8 Å². The Balaban J connectivity index is 2.14. The highest BCUT2D eigenvalue weighted by Crippen LogP contribution is 2.41. The number of nitrogens with one attached hydrogen (secondary N) is 1. The standard InChI is InChI=1S/C14H16BrF3N2O/c1-8-6-9(15)7-19-12(8)20-13(21)10-4-2-3-5-11(10)14(16,17)18/h6-7,10-11H,2-5H2,1H3,(H,19,20,21). The minimum atomic E-state index is -4.33. The highest BCUT2D eigenvalue weighted by Gasteiger charge is 2.48. The molecular formula is C14H16BrF3N2O. The molecule has 1 N–H and O–H groups in total. The summed E-state index contributed by atoms with van der Waals surface area (Å²) in [5.74, 6) is -2.85. The number of carbonyl (C=O) groups excluding carboxylic acids is 1. The van der Waals surface area contributed by atoms with Crippen molar-refractivity contribution in [2.24, 2.45) is 11.8 Å². The van der Waals surface area contributed by atoms with Gasteiger partial charge in [0.15, 0.2) is 0 Å². The summed E-state index contributed by atoms with van der Waals surface area (Å²) >= 11 is 3.25. The van der Waals surface area contributed by atoms with Crippen LogP contribution >= 0.6 is 15.9 Å². The minimum Gasteiger partial charge on any atom is -0.310 e. The van der Waals surface area contributed by atoms with Gasteiger partial charge >= 0.3 is 6.18 Å². The number of amides is 1. The average molecular weight is 365 g/mol. The fourth-order valence-electron chi connectivity index (χ4n) is 2.72. The summed E-state index contributed by atoms with van der Waals surface area (Å²) in [5.41, 5.74) is 0.706. The van der Waals surface area contributed by atoms with E-state index in [0.29, 0.717) is 24.2 Å². The summed E-state index contributed by atoms with van der Waals surface area (Å²) in [6, 6.07) is 1.75. The van der Waals surface area contributed by atoms with E-state index in [1.165, 1.54) is 6.20 Å². The molecule has 1 saturated carbocycles. The number of carbonyl (C=O) groups is 1. The summed E-state index contributed by atoms with van der Waals surface area (Å²) in [7, 11) is 0. The van der Waals surface area contributed by atoms with E-state index < -0.39 is 23.9 Å². The fourth-order valence-corrected chi connectivity index (χ4v) is 3.16. The van der Waals surface area contributed by atoms with Gasteiger partial charge in [0.2, 0.25) is 5.91 Å². The molecule has 0 bridgehead atoms. The predicted molar refractivity (Wildman–Crippen MR) is 76.8 cm³/mol. The topological polar surface area (TPSA) is 42.0 Å². The second kappa shape index (κ2) is 6.34. The zero-order valence-corrected chi connectivity index (χ0v) is 13.1. The Hall–Kier alpha value is -1.11. The molecule has 0 aromatic carbocycles. The largest absolute Gasteiger partial charge is 0.392 e. The van der Waals surface area contributed by atoms with Crippen molar-refractivity contribution in [1.29, 1.82) is 0 Å². The number of hydrogen-bond donors (Lipinski definition) is 1. The molecule has 0 radical (unpaired) electrons. The predicted octanol–water partition coefficient (Wildman–Crippen LogP) is 4.46. The first kappa shape index (κ1) is 16.3. The molecule has 2 unspecified atom stereocenters. The molecule has 0 saturated heterocycles. The lowest BCUT2D eigenvalue weighted by Gasteiger charge is -2.31. The van der Waals surface area contributed by atoms with Gasteiger partial charge in [0.1, 0.15) is 5.82 Å². The van der Waals surface area contributed by atoms with Gasteiger partial charge in [-0.25, -0.2) is 4.98 Å². The summed E-state index contributed by atoms with van der Waals surface area (Å²) in [5, 5.41) is 2.54. The summed E-state index contributed by atoms with van der Waals surface area (Å²) in [6.45, 7) is 1.75. The van der Waals surface area contributed by atoms with E-state index in [2.05, 4.69) is 26.2 Å². The number of aryl methyl sites for hydroxylation is 1. The van der Waals surface area contributed by atoms with Crippen molar-refractivity contribution in [3.63, 3.8) is 0 Å². The number of anilines is 1. The van der Waals surface area contributed by atoms with E-state index in [4.69, 9.17) is 0 Å². The van der Waals surface area contributed by atoms with Gasteiger partial charge in [0, 0.05) is 16.6 Å². The third-order valence-electron chi connectivity index (χ3n) is 3.81. The lowest BCUT2D eigenvalue weighted by molar-refractivity contribution is -0.197. The molecule has 0 aliphatic heterocycles. The molecule has 1 fully saturated rings. The average Bonchev–Trinajstić information content (AvgIpc) is 2.41. The van der Waals surface area contributed by atoms with E-state index in [1.54, 1.807) is 13.0 Å². The molecule has 1 amide bonds. The van der Waals surface area contributed by atoms with E-state index in [9.17, 15) is 18.0 Å². The maximum absolute atomic E-state index is 13.0. The van der Waals surface area contributed by atoms with Crippen molar-refractivity contribution in [3.05, 3.63) is 22.3 Å². The molecule has 1 aromatic rings. The highest BCUT2D eigenvalue weighted by molar-refractivity contribution is 9.10. The Bertz CT molecular complexity index is 533. The smallest absolute Gasteiger partial charge is 0.310 e. The molecule has 1 aromatic heterocycles. The van der Waals surface area contributed by atoms with Crippen LogP contribution in [0.3, 0.4) is 0 Å². The van der Waals surface area contributed by atoms with Crippen LogP contribution in [0, 0.1) is 18.8 Å². The Morgan fingerprint density at radius 1 is 1.38 bits per heavy atom. The van der Waals surface area contributed by atoms with Crippen LogP contribution in [0.4, 0.5) is 19.0 Å². The second-order valence-electron chi connectivity index (χ2n) is 5.35. The number of aromatic nitrogens is 1. The van der Waals surface area contributed by atoms with Gasteiger partial charge in [-0.3, -0.25) is 4.79 Å². The van der Waals surface area contributed by atoms with Gasteiger partial charge in [-0.05, 0) is 47.3 Å². The maximum Gasteiger partial charge on any atom is 0.392 e. The van der Waals surface area contributed by atoms with Crippen LogP contribution in [0.15, 0.2) is 16.7 Å². The van der Waals surface area contributed by atoms with Crippen molar-refractivity contribution in [2.75, 3.05) is 5.32 Å². The van der Waals surface area contributed by atoms with E-state index in [0.717, 1.165) is 4.47 Å². The first-order valence-electron chi connectivity index (χ1n) is 6.79. The van der Waals surface area contributed by atoms with Crippen molar-refractivity contribution >= 4 is 27.7 Å². The first-order valence-corrected chi connectivity index (χ1v) is 7.58. The van der Waals surface area contributed by atoms with Crippen LogP contribution in [-0.4, -0.2) is 17.1 Å². The van der Waals surface area contributed by atoms with Gasteiger partial charge in [-0.1, -0.05) is 12.8 Å². The molecule has 3 nitrogen and oxygen atoms in total. The van der Waals surface area contributed by atoms with Gasteiger partial charge in [0.25, 0.3) is 0 Å². The van der Waals surface area contributed by atoms with Crippen LogP contribution in [0.5, 0.6) is 0 Å². The Morgan fingerprint density at radius 2 is 2.05 bits per heavy atom. The lowest BCUT2D eigenvalue weighted by Crippen LogP contribution is -2.39. The van der Waals surface area contributed by atoms with Gasteiger partial charge < -0.3 is 5.32 Å². The molecule has 0 spiro atoms. The Labute approximate surface area is 129 Å². The molecule has 2 rings (SSSR count). The van der Waals surface area contributed by atoms with Crippen LogP contribution in [0.1, 0.15) is 31.2 Å². The first-order chi connectivity index (χ1) is 9.79. The van der Waals surface area contributed by atoms with Gasteiger partial charge in [-0.15, -0.1) is 0 Å². The Kier molecular flexibility index (Phi) is 4.91. The van der Waals surface area contributed by atoms with Gasteiger partial charge in [0.05, 0.1) is 5.92 Å². The summed E-state index contributed by atoms with van der Waals surface area (Å²) in [6.07, 6.45) is -1.36. The monoisotopic (exact) mass is 364 g/mol. The van der Waals surface area contributed by atoms with Gasteiger partial charge in [-0.2, -0.15) is 13.2 Å².